The van der Waals surface area contributed by atoms with E-state index in [9.17, 15) is 4.79 Å². The number of rotatable bonds is 5. The standard InChI is InChI=1S/C12H17ClN2OS/c1-15(7-9-4-5-11(13)17-9)12(16)6-10(14)8-2-3-8/h4-5,8,10H,2-3,6-7,14H2,1H3. The molecule has 1 unspecified atom stereocenters. The van der Waals surface area contributed by atoms with Gasteiger partial charge in [0.25, 0.3) is 0 Å². The summed E-state index contributed by atoms with van der Waals surface area (Å²) in [4.78, 5) is 14.7. The quantitative estimate of drug-likeness (QED) is 0.895. The number of halogens is 1. The first-order chi connectivity index (χ1) is 8.06. The predicted octanol–water partition coefficient (Wildman–Crippen LogP) is 2.49. The molecule has 0 radical (unpaired) electrons. The molecule has 1 amide bonds. The Morgan fingerprint density at radius 3 is 2.88 bits per heavy atom. The fourth-order valence-corrected chi connectivity index (χ4v) is 2.95. The first-order valence-electron chi connectivity index (χ1n) is 5.80. The highest BCUT2D eigenvalue weighted by molar-refractivity contribution is 7.16. The van der Waals surface area contributed by atoms with Crippen molar-refractivity contribution < 1.29 is 4.79 Å². The van der Waals surface area contributed by atoms with Gasteiger partial charge in [0.2, 0.25) is 5.91 Å². The molecule has 0 saturated heterocycles. The molecule has 0 bridgehead atoms. The van der Waals surface area contributed by atoms with Crippen LogP contribution in [0.25, 0.3) is 0 Å². The van der Waals surface area contributed by atoms with Gasteiger partial charge in [0.15, 0.2) is 0 Å². The summed E-state index contributed by atoms with van der Waals surface area (Å²) < 4.78 is 0.760. The molecule has 1 aromatic heterocycles. The predicted molar refractivity (Wildman–Crippen MR) is 71.1 cm³/mol. The van der Waals surface area contributed by atoms with Gasteiger partial charge in [-0.05, 0) is 30.9 Å². The SMILES string of the molecule is CN(Cc1ccc(Cl)s1)C(=O)CC(N)C1CC1. The Morgan fingerprint density at radius 2 is 2.35 bits per heavy atom. The summed E-state index contributed by atoms with van der Waals surface area (Å²) in [5.74, 6) is 0.692. The van der Waals surface area contributed by atoms with E-state index in [4.69, 9.17) is 17.3 Å². The summed E-state index contributed by atoms with van der Waals surface area (Å²) in [7, 11) is 1.82. The molecular weight excluding hydrogens is 256 g/mol. The van der Waals surface area contributed by atoms with Crippen molar-refractivity contribution in [1.82, 2.24) is 4.90 Å². The molecule has 0 aliphatic heterocycles. The van der Waals surface area contributed by atoms with E-state index in [0.29, 0.717) is 18.9 Å². The fraction of sp³-hybridized carbons (Fsp3) is 0.583. The molecule has 3 nitrogen and oxygen atoms in total. The van der Waals surface area contributed by atoms with Gasteiger partial charge in [-0.1, -0.05) is 11.6 Å². The van der Waals surface area contributed by atoms with E-state index in [0.717, 1.165) is 9.21 Å². The average molecular weight is 273 g/mol. The Kier molecular flexibility index (Phi) is 4.07. The molecule has 2 N–H and O–H groups in total. The summed E-state index contributed by atoms with van der Waals surface area (Å²) in [6, 6.07) is 3.85. The van der Waals surface area contributed by atoms with Gasteiger partial charge >= 0.3 is 0 Å². The molecule has 17 heavy (non-hydrogen) atoms. The van der Waals surface area contributed by atoms with Crippen molar-refractivity contribution in [3.63, 3.8) is 0 Å². The Balaban J connectivity index is 1.82. The van der Waals surface area contributed by atoms with Crippen LogP contribution in [0.1, 0.15) is 24.1 Å². The maximum atomic E-state index is 11.9. The van der Waals surface area contributed by atoms with Crippen molar-refractivity contribution in [2.24, 2.45) is 11.7 Å². The summed E-state index contributed by atoms with van der Waals surface area (Å²) in [6.07, 6.45) is 2.82. The second-order valence-corrected chi connectivity index (χ2v) is 6.46. The molecule has 0 spiro atoms. The summed E-state index contributed by atoms with van der Waals surface area (Å²) in [5.41, 5.74) is 5.95. The Morgan fingerprint density at radius 1 is 1.65 bits per heavy atom. The van der Waals surface area contributed by atoms with Crippen LogP contribution in [0.3, 0.4) is 0 Å². The first-order valence-corrected chi connectivity index (χ1v) is 6.99. The van der Waals surface area contributed by atoms with Gasteiger partial charge in [0.1, 0.15) is 0 Å². The van der Waals surface area contributed by atoms with E-state index in [-0.39, 0.29) is 11.9 Å². The second kappa shape index (κ2) is 5.38. The summed E-state index contributed by atoms with van der Waals surface area (Å²) in [6.45, 7) is 0.619. The summed E-state index contributed by atoms with van der Waals surface area (Å²) in [5, 5.41) is 0. The van der Waals surface area contributed by atoms with E-state index in [1.807, 2.05) is 19.2 Å². The highest BCUT2D eigenvalue weighted by atomic mass is 35.5. The highest BCUT2D eigenvalue weighted by Gasteiger charge is 2.30. The third kappa shape index (κ3) is 3.69. The molecule has 1 saturated carbocycles. The number of hydrogen-bond donors (Lipinski definition) is 1. The zero-order chi connectivity index (χ0) is 12.4. The van der Waals surface area contributed by atoms with E-state index < -0.39 is 0 Å². The van der Waals surface area contributed by atoms with E-state index in [1.54, 1.807) is 4.90 Å². The zero-order valence-electron chi connectivity index (χ0n) is 9.86. The minimum Gasteiger partial charge on any atom is -0.341 e. The molecule has 1 fully saturated rings. The lowest BCUT2D eigenvalue weighted by Gasteiger charge is -2.18. The maximum absolute atomic E-state index is 11.9. The minimum atomic E-state index is 0.0388. The smallest absolute Gasteiger partial charge is 0.224 e. The van der Waals surface area contributed by atoms with Crippen molar-refractivity contribution in [2.75, 3.05) is 7.05 Å². The van der Waals surface area contributed by atoms with Crippen molar-refractivity contribution in [3.05, 3.63) is 21.3 Å². The molecule has 1 atom stereocenters. The molecular formula is C12H17ClN2OS. The van der Waals surface area contributed by atoms with Crippen molar-refractivity contribution in [3.8, 4) is 0 Å². The number of amides is 1. The molecule has 1 aromatic rings. The van der Waals surface area contributed by atoms with E-state index in [2.05, 4.69) is 0 Å². The maximum Gasteiger partial charge on any atom is 0.224 e. The Bertz CT molecular complexity index is 403. The topological polar surface area (TPSA) is 46.3 Å². The average Bonchev–Trinajstić information content (AvgIpc) is 3.04. The molecule has 94 valence electrons. The van der Waals surface area contributed by atoms with Gasteiger partial charge < -0.3 is 10.6 Å². The Hall–Kier alpha value is -0.580. The number of nitrogens with two attached hydrogens (primary N) is 1. The van der Waals surface area contributed by atoms with Crippen molar-refractivity contribution in [1.29, 1.82) is 0 Å². The lowest BCUT2D eigenvalue weighted by molar-refractivity contribution is -0.130. The lowest BCUT2D eigenvalue weighted by atomic mass is 10.1. The van der Waals surface area contributed by atoms with E-state index in [1.165, 1.54) is 24.2 Å². The lowest BCUT2D eigenvalue weighted by Crippen LogP contribution is -2.33. The van der Waals surface area contributed by atoms with Gasteiger partial charge in [-0.3, -0.25) is 4.79 Å². The number of hydrogen-bond acceptors (Lipinski definition) is 3. The van der Waals surface area contributed by atoms with Gasteiger partial charge in [-0.2, -0.15) is 0 Å². The second-order valence-electron chi connectivity index (χ2n) is 4.66. The first kappa shape index (κ1) is 12.9. The number of thiophene rings is 1. The normalized spacial score (nSPS) is 16.9. The third-order valence-corrected chi connectivity index (χ3v) is 4.30. The summed E-state index contributed by atoms with van der Waals surface area (Å²) >= 11 is 7.36. The number of nitrogens with zero attached hydrogens (tertiary/aromatic N) is 1. The van der Waals surface area contributed by atoms with Crippen LogP contribution in [-0.4, -0.2) is 23.9 Å². The molecule has 5 heteroatoms. The minimum absolute atomic E-state index is 0.0388. The van der Waals surface area contributed by atoms with Gasteiger partial charge in [0, 0.05) is 24.4 Å². The van der Waals surface area contributed by atoms with Crippen LogP contribution in [0.15, 0.2) is 12.1 Å². The van der Waals surface area contributed by atoms with Gasteiger partial charge in [0.05, 0.1) is 10.9 Å². The van der Waals surface area contributed by atoms with Crippen LogP contribution in [0.4, 0.5) is 0 Å². The molecule has 1 aliphatic rings. The van der Waals surface area contributed by atoms with Crippen LogP contribution < -0.4 is 5.73 Å². The third-order valence-electron chi connectivity index (χ3n) is 3.09. The Labute approximate surface area is 111 Å². The molecule has 1 aliphatic carbocycles. The highest BCUT2D eigenvalue weighted by Crippen LogP contribution is 2.33. The van der Waals surface area contributed by atoms with Crippen LogP contribution in [0.2, 0.25) is 4.34 Å². The monoisotopic (exact) mass is 272 g/mol. The largest absolute Gasteiger partial charge is 0.341 e. The van der Waals surface area contributed by atoms with E-state index >= 15 is 0 Å². The van der Waals surface area contributed by atoms with Crippen LogP contribution >= 0.6 is 22.9 Å². The fourth-order valence-electron chi connectivity index (χ4n) is 1.81. The van der Waals surface area contributed by atoms with Crippen LogP contribution in [0.5, 0.6) is 0 Å². The molecule has 2 rings (SSSR count). The van der Waals surface area contributed by atoms with Gasteiger partial charge in [-0.15, -0.1) is 11.3 Å². The zero-order valence-corrected chi connectivity index (χ0v) is 11.4. The number of carbonyl (C=O) groups excluding carboxylic acids is 1. The molecule has 1 heterocycles. The van der Waals surface area contributed by atoms with Crippen molar-refractivity contribution >= 4 is 28.8 Å². The van der Waals surface area contributed by atoms with Crippen LogP contribution in [0, 0.1) is 5.92 Å². The number of carbonyl (C=O) groups is 1. The van der Waals surface area contributed by atoms with Gasteiger partial charge in [-0.25, -0.2) is 0 Å². The van der Waals surface area contributed by atoms with Crippen LogP contribution in [-0.2, 0) is 11.3 Å². The molecule has 0 aromatic carbocycles. The van der Waals surface area contributed by atoms with Crippen molar-refractivity contribution in [2.45, 2.75) is 31.8 Å².